The Bertz CT molecular complexity index is 780. The van der Waals surface area contributed by atoms with Crippen molar-refractivity contribution < 1.29 is 50.7 Å². The van der Waals surface area contributed by atoms with Gasteiger partial charge in [0.1, 0.15) is 0 Å². The van der Waals surface area contributed by atoms with Gasteiger partial charge in [-0.25, -0.2) is 11.6 Å². The average molecular weight is 536 g/mol. The third-order valence-electron chi connectivity index (χ3n) is 4.24. The molecule has 0 saturated heterocycles. The van der Waals surface area contributed by atoms with E-state index in [0.717, 1.165) is 6.42 Å². The number of halogens is 2. The summed E-state index contributed by atoms with van der Waals surface area (Å²) in [4.78, 5) is 0. The fourth-order valence-corrected chi connectivity index (χ4v) is 2.93. The first-order valence-electron chi connectivity index (χ1n) is 8.15. The van der Waals surface area contributed by atoms with Crippen molar-refractivity contribution in [2.24, 2.45) is 5.92 Å². The van der Waals surface area contributed by atoms with E-state index in [-0.39, 0.29) is 50.7 Å². The van der Waals surface area contributed by atoms with E-state index in [2.05, 4.69) is 86.7 Å². The molecular weight excluding hydrogens is 514 g/mol. The van der Waals surface area contributed by atoms with E-state index in [9.17, 15) is 0 Å². The van der Waals surface area contributed by atoms with Gasteiger partial charge in [0.05, 0.1) is 0 Å². The molecule has 3 heteroatoms. The molecule has 0 amide bonds. The van der Waals surface area contributed by atoms with Crippen LogP contribution in [0.3, 0.4) is 0 Å². The Morgan fingerprint density at radius 3 is 1.80 bits per heavy atom. The van der Waals surface area contributed by atoms with Gasteiger partial charge in [0, 0.05) is 0 Å². The Balaban J connectivity index is 0.000000435. The molecule has 0 aromatic heterocycles. The molecule has 1 atom stereocenters. The number of fused-ring (bicyclic) bond motifs is 3. The summed E-state index contributed by atoms with van der Waals surface area (Å²) >= 11 is 0. The standard InChI is InChI=1S/C13H9.C9H13.2ClH.Hf/c1-3-7-12-10(5-1)9-11-6-2-4-8-13(11)12;1-3-8-5-6-9(4-2)7-8;;;/h1-9H;5-6,8H,3-4H2,1-2H3;2*1H;/q2*-1;;;+4/p-2. The van der Waals surface area contributed by atoms with E-state index in [4.69, 9.17) is 0 Å². The first-order valence-corrected chi connectivity index (χ1v) is 8.15. The van der Waals surface area contributed by atoms with Crippen molar-refractivity contribution in [1.82, 2.24) is 0 Å². The Hall–Kier alpha value is -0.760. The Kier molecular flexibility index (Phi) is 11.4. The summed E-state index contributed by atoms with van der Waals surface area (Å²) in [6.45, 7) is 4.37. The van der Waals surface area contributed by atoms with Crippen LogP contribution in [0.2, 0.25) is 0 Å². The molecule has 0 spiro atoms. The van der Waals surface area contributed by atoms with Crippen LogP contribution in [-0.2, 0) is 25.8 Å². The largest absolute Gasteiger partial charge is 4.00 e. The van der Waals surface area contributed by atoms with Crippen LogP contribution in [0.25, 0.3) is 21.5 Å². The predicted octanol–water partition coefficient (Wildman–Crippen LogP) is 0.439. The fourth-order valence-electron chi connectivity index (χ4n) is 2.93. The zero-order valence-electron chi connectivity index (χ0n) is 14.6. The average Bonchev–Trinajstić information content (AvgIpc) is 3.19. The third-order valence-corrected chi connectivity index (χ3v) is 4.24. The normalized spacial score (nSPS) is 14.6. The van der Waals surface area contributed by atoms with Gasteiger partial charge in [-0.2, -0.15) is 6.08 Å². The first-order chi connectivity index (χ1) is 10.8. The van der Waals surface area contributed by atoms with Crippen LogP contribution in [0.1, 0.15) is 26.7 Å². The Labute approximate surface area is 182 Å². The molecule has 0 aliphatic heterocycles. The van der Waals surface area contributed by atoms with Crippen molar-refractivity contribution in [3.05, 3.63) is 78.4 Å². The van der Waals surface area contributed by atoms with E-state index in [0.29, 0.717) is 5.92 Å². The molecule has 0 bridgehead atoms. The molecule has 1 aliphatic rings. The number of hydrogen-bond donors (Lipinski definition) is 0. The van der Waals surface area contributed by atoms with Gasteiger partial charge >= 0.3 is 25.8 Å². The Morgan fingerprint density at radius 1 is 0.880 bits per heavy atom. The predicted molar refractivity (Wildman–Crippen MR) is 97.0 cm³/mol. The van der Waals surface area contributed by atoms with Crippen LogP contribution in [0.15, 0.2) is 72.3 Å². The van der Waals surface area contributed by atoms with Gasteiger partial charge in [-0.05, 0) is 0 Å². The summed E-state index contributed by atoms with van der Waals surface area (Å²) in [6.07, 6.45) is 10.1. The van der Waals surface area contributed by atoms with Crippen LogP contribution in [0.4, 0.5) is 0 Å². The van der Waals surface area contributed by atoms with Crippen LogP contribution in [0, 0.1) is 12.0 Å². The van der Waals surface area contributed by atoms with Crippen LogP contribution in [0.5, 0.6) is 0 Å². The minimum atomic E-state index is 0. The number of rotatable bonds is 2. The maximum Gasteiger partial charge on any atom is 4.00 e. The van der Waals surface area contributed by atoms with Gasteiger partial charge in [0.15, 0.2) is 0 Å². The minimum Gasteiger partial charge on any atom is -1.00 e. The second-order valence-corrected chi connectivity index (χ2v) is 5.72. The molecule has 128 valence electrons. The topological polar surface area (TPSA) is 0 Å². The summed E-state index contributed by atoms with van der Waals surface area (Å²) in [5, 5.41) is 5.39. The van der Waals surface area contributed by atoms with Gasteiger partial charge in [0.25, 0.3) is 0 Å². The maximum atomic E-state index is 3.40. The van der Waals surface area contributed by atoms with E-state index in [1.54, 1.807) is 0 Å². The summed E-state index contributed by atoms with van der Waals surface area (Å²) in [5.74, 6) is 0.611. The zero-order chi connectivity index (χ0) is 15.4. The van der Waals surface area contributed by atoms with Gasteiger partial charge in [-0.15, -0.1) is 39.7 Å². The molecule has 1 aliphatic carbocycles. The number of hydrogen-bond acceptors (Lipinski definition) is 0. The van der Waals surface area contributed by atoms with Gasteiger partial charge < -0.3 is 24.8 Å². The van der Waals surface area contributed by atoms with Crippen LogP contribution >= 0.6 is 0 Å². The second kappa shape index (κ2) is 11.8. The minimum absolute atomic E-state index is 0. The van der Waals surface area contributed by atoms with E-state index in [1.165, 1.54) is 33.5 Å². The number of benzene rings is 2. The van der Waals surface area contributed by atoms with Crippen LogP contribution in [-0.4, -0.2) is 0 Å². The summed E-state index contributed by atoms with van der Waals surface area (Å²) < 4.78 is 0. The molecule has 25 heavy (non-hydrogen) atoms. The molecule has 3 aromatic carbocycles. The van der Waals surface area contributed by atoms with Gasteiger partial charge in [0.2, 0.25) is 0 Å². The smallest absolute Gasteiger partial charge is 1.00 e. The molecule has 0 N–H and O–H groups in total. The van der Waals surface area contributed by atoms with Crippen molar-refractivity contribution in [3.8, 4) is 0 Å². The van der Waals surface area contributed by atoms with Crippen LogP contribution < -0.4 is 24.8 Å². The van der Waals surface area contributed by atoms with Crippen molar-refractivity contribution in [1.29, 1.82) is 0 Å². The molecule has 4 rings (SSSR count). The second-order valence-electron chi connectivity index (χ2n) is 5.72. The molecule has 0 nitrogen and oxygen atoms in total. The molecule has 0 fully saturated rings. The van der Waals surface area contributed by atoms with Gasteiger partial charge in [-0.3, -0.25) is 6.08 Å². The van der Waals surface area contributed by atoms with Gasteiger partial charge in [-0.1, -0.05) is 69.0 Å². The monoisotopic (exact) mass is 536 g/mol. The SMILES string of the molecule is CCC1=[C-]C(CC)C=C1.[Cl-].[Cl-].[Hf+4].c1ccc2c(c1)[cH-]c1ccccc12. The molecule has 3 aromatic rings. The summed E-state index contributed by atoms with van der Waals surface area (Å²) in [5.41, 5.74) is 1.38. The summed E-state index contributed by atoms with van der Waals surface area (Å²) in [7, 11) is 0. The van der Waals surface area contributed by atoms with Crippen molar-refractivity contribution in [2.75, 3.05) is 0 Å². The number of allylic oxidation sites excluding steroid dienone is 4. The van der Waals surface area contributed by atoms with E-state index in [1.807, 2.05) is 0 Å². The van der Waals surface area contributed by atoms with E-state index >= 15 is 0 Å². The van der Waals surface area contributed by atoms with E-state index < -0.39 is 0 Å². The first kappa shape index (κ1) is 24.2. The van der Waals surface area contributed by atoms with Crippen molar-refractivity contribution in [2.45, 2.75) is 26.7 Å². The molecule has 1 unspecified atom stereocenters. The quantitative estimate of drug-likeness (QED) is 0.330. The molecule has 0 heterocycles. The zero-order valence-corrected chi connectivity index (χ0v) is 19.7. The molecular formula is C22H22Cl2Hf. The molecule has 0 saturated carbocycles. The third kappa shape index (κ3) is 5.88. The molecule has 0 radical (unpaired) electrons. The van der Waals surface area contributed by atoms with Crippen molar-refractivity contribution >= 4 is 21.5 Å². The fraction of sp³-hybridized carbons (Fsp3) is 0.227. The Morgan fingerprint density at radius 2 is 1.40 bits per heavy atom. The maximum absolute atomic E-state index is 3.40. The van der Waals surface area contributed by atoms with Crippen molar-refractivity contribution in [3.63, 3.8) is 0 Å². The summed E-state index contributed by atoms with van der Waals surface area (Å²) in [6, 6.07) is 19.3.